The average molecular weight is 459 g/mol. The fraction of sp³-hybridized carbons (Fsp3) is 0.222. The Bertz CT molecular complexity index is 1110. The molecule has 0 aliphatic carbocycles. The summed E-state index contributed by atoms with van der Waals surface area (Å²) in [5, 5.41) is 8.82. The zero-order valence-electron chi connectivity index (χ0n) is 19.5. The van der Waals surface area contributed by atoms with Crippen LogP contribution in [0, 0.1) is 0 Å². The van der Waals surface area contributed by atoms with Gasteiger partial charge in [-0.1, -0.05) is 42.5 Å². The summed E-state index contributed by atoms with van der Waals surface area (Å²) in [7, 11) is 3.47. The Balaban J connectivity index is 1.44. The first-order valence-corrected chi connectivity index (χ1v) is 11.2. The maximum absolute atomic E-state index is 12.3. The Morgan fingerprint density at radius 1 is 0.794 bits per heavy atom. The highest BCUT2D eigenvalue weighted by atomic mass is 16.2. The lowest BCUT2D eigenvalue weighted by atomic mass is 10.1. The Morgan fingerprint density at radius 3 is 2.21 bits per heavy atom. The molecule has 0 saturated heterocycles. The van der Waals surface area contributed by atoms with Crippen LogP contribution in [0.3, 0.4) is 0 Å². The van der Waals surface area contributed by atoms with Gasteiger partial charge in [0.15, 0.2) is 0 Å². The number of hydrogen-bond acceptors (Lipinski definition) is 4. The van der Waals surface area contributed by atoms with Crippen molar-refractivity contribution in [2.24, 2.45) is 0 Å². The highest BCUT2D eigenvalue weighted by Crippen LogP contribution is 2.14. The van der Waals surface area contributed by atoms with E-state index in [0.29, 0.717) is 30.6 Å². The van der Waals surface area contributed by atoms with Crippen LogP contribution in [0.1, 0.15) is 27.9 Å². The van der Waals surface area contributed by atoms with Crippen LogP contribution in [0.5, 0.6) is 0 Å². The molecule has 0 fully saturated rings. The van der Waals surface area contributed by atoms with E-state index in [9.17, 15) is 14.4 Å². The molecule has 0 aliphatic heterocycles. The molecule has 3 aromatic rings. The lowest BCUT2D eigenvalue weighted by Crippen LogP contribution is -2.23. The summed E-state index contributed by atoms with van der Waals surface area (Å²) in [5.41, 5.74) is 4.00. The van der Waals surface area contributed by atoms with Crippen LogP contribution in [-0.2, 0) is 22.6 Å². The number of amides is 3. The maximum Gasteiger partial charge on any atom is 0.251 e. The van der Waals surface area contributed by atoms with Crippen molar-refractivity contribution in [3.8, 4) is 0 Å². The van der Waals surface area contributed by atoms with Gasteiger partial charge < -0.3 is 20.9 Å². The summed E-state index contributed by atoms with van der Waals surface area (Å²) < 4.78 is 0. The summed E-state index contributed by atoms with van der Waals surface area (Å²) in [5.74, 6) is -0.273. The maximum atomic E-state index is 12.3. The van der Waals surface area contributed by atoms with Crippen molar-refractivity contribution < 1.29 is 14.4 Å². The fourth-order valence-corrected chi connectivity index (χ4v) is 3.29. The number of aryl methyl sites for hydroxylation is 1. The van der Waals surface area contributed by atoms with E-state index in [0.717, 1.165) is 16.8 Å². The molecule has 0 bridgehead atoms. The van der Waals surface area contributed by atoms with E-state index >= 15 is 0 Å². The molecule has 7 heteroatoms. The lowest BCUT2D eigenvalue weighted by molar-refractivity contribution is -0.128. The van der Waals surface area contributed by atoms with Crippen molar-refractivity contribution in [2.75, 3.05) is 31.3 Å². The van der Waals surface area contributed by atoms with Gasteiger partial charge in [-0.15, -0.1) is 0 Å². The first-order valence-electron chi connectivity index (χ1n) is 11.2. The van der Waals surface area contributed by atoms with Gasteiger partial charge in [0.1, 0.15) is 0 Å². The molecule has 0 aromatic heterocycles. The number of carbonyl (C=O) groups excluding carboxylic acids is 3. The van der Waals surface area contributed by atoms with Gasteiger partial charge in [0.05, 0.1) is 6.54 Å². The summed E-state index contributed by atoms with van der Waals surface area (Å²) >= 11 is 0. The first-order chi connectivity index (χ1) is 16.4. The van der Waals surface area contributed by atoms with E-state index in [1.165, 1.54) is 0 Å². The van der Waals surface area contributed by atoms with Gasteiger partial charge >= 0.3 is 0 Å². The predicted octanol–water partition coefficient (Wildman–Crippen LogP) is 3.69. The highest BCUT2D eigenvalue weighted by Gasteiger charge is 2.08. The molecule has 3 aromatic carbocycles. The number of nitrogens with zero attached hydrogens (tertiary/aromatic N) is 1. The minimum Gasteiger partial charge on any atom is -0.376 e. The lowest BCUT2D eigenvalue weighted by Gasteiger charge is -2.11. The monoisotopic (exact) mass is 458 g/mol. The summed E-state index contributed by atoms with van der Waals surface area (Å²) in [6.07, 6.45) is 1.04. The molecule has 0 radical (unpaired) electrons. The Hall–Kier alpha value is -4.13. The number of nitrogens with one attached hydrogen (secondary N) is 3. The van der Waals surface area contributed by atoms with Crippen molar-refractivity contribution >= 4 is 29.1 Å². The SMILES string of the molecule is CN(C)C(=O)CCc1cccc(NC(=O)CNc2ccc(C(=O)NCc3ccccc3)cc2)c1. The molecule has 176 valence electrons. The molecule has 7 nitrogen and oxygen atoms in total. The van der Waals surface area contributed by atoms with Crippen LogP contribution in [0.4, 0.5) is 11.4 Å². The van der Waals surface area contributed by atoms with Crippen LogP contribution >= 0.6 is 0 Å². The van der Waals surface area contributed by atoms with Crippen LogP contribution in [0.15, 0.2) is 78.9 Å². The van der Waals surface area contributed by atoms with E-state index < -0.39 is 0 Å². The molecule has 3 N–H and O–H groups in total. The molecule has 34 heavy (non-hydrogen) atoms. The normalized spacial score (nSPS) is 10.3. The molecule has 3 rings (SSSR count). The molecule has 0 heterocycles. The summed E-state index contributed by atoms with van der Waals surface area (Å²) in [6, 6.07) is 24.2. The van der Waals surface area contributed by atoms with Gasteiger partial charge in [0.2, 0.25) is 11.8 Å². The number of hydrogen-bond donors (Lipinski definition) is 3. The zero-order valence-corrected chi connectivity index (χ0v) is 19.5. The van der Waals surface area contributed by atoms with Gasteiger partial charge in [0.25, 0.3) is 5.91 Å². The second kappa shape index (κ2) is 12.2. The van der Waals surface area contributed by atoms with Crippen molar-refractivity contribution in [3.63, 3.8) is 0 Å². The smallest absolute Gasteiger partial charge is 0.251 e. The third-order valence-corrected chi connectivity index (χ3v) is 5.23. The summed E-state index contributed by atoms with van der Waals surface area (Å²) in [6.45, 7) is 0.551. The van der Waals surface area contributed by atoms with Gasteiger partial charge in [-0.05, 0) is 53.9 Å². The highest BCUT2D eigenvalue weighted by molar-refractivity contribution is 5.95. The quantitative estimate of drug-likeness (QED) is 0.432. The predicted molar refractivity (Wildman–Crippen MR) is 135 cm³/mol. The average Bonchev–Trinajstić information content (AvgIpc) is 2.85. The second-order valence-electron chi connectivity index (χ2n) is 8.14. The van der Waals surface area contributed by atoms with Crippen molar-refractivity contribution in [1.29, 1.82) is 0 Å². The molecule has 0 saturated carbocycles. The molecular weight excluding hydrogens is 428 g/mol. The molecule has 3 amide bonds. The van der Waals surface area contributed by atoms with Crippen molar-refractivity contribution in [2.45, 2.75) is 19.4 Å². The van der Waals surface area contributed by atoms with Gasteiger partial charge in [-0.2, -0.15) is 0 Å². The molecular formula is C27H30N4O3. The summed E-state index contributed by atoms with van der Waals surface area (Å²) in [4.78, 5) is 38.0. The largest absolute Gasteiger partial charge is 0.376 e. The molecule has 0 atom stereocenters. The van der Waals surface area contributed by atoms with E-state index in [1.807, 2.05) is 54.6 Å². The molecule has 0 unspecified atom stereocenters. The van der Waals surface area contributed by atoms with E-state index in [4.69, 9.17) is 0 Å². The second-order valence-corrected chi connectivity index (χ2v) is 8.14. The Morgan fingerprint density at radius 2 is 1.50 bits per heavy atom. The van der Waals surface area contributed by atoms with E-state index in [-0.39, 0.29) is 24.3 Å². The topological polar surface area (TPSA) is 90.5 Å². The van der Waals surface area contributed by atoms with Crippen LogP contribution in [0.2, 0.25) is 0 Å². The van der Waals surface area contributed by atoms with Crippen molar-refractivity contribution in [3.05, 3.63) is 95.6 Å². The Labute approximate surface area is 200 Å². The third-order valence-electron chi connectivity index (χ3n) is 5.23. The minimum atomic E-state index is -0.189. The van der Waals surface area contributed by atoms with Gasteiger partial charge in [-0.3, -0.25) is 14.4 Å². The van der Waals surface area contributed by atoms with Crippen molar-refractivity contribution in [1.82, 2.24) is 10.2 Å². The number of benzene rings is 3. The van der Waals surface area contributed by atoms with E-state index in [2.05, 4.69) is 16.0 Å². The first kappa shape index (κ1) is 24.5. The molecule has 0 spiro atoms. The standard InChI is InChI=1S/C27H30N4O3/c1-31(2)26(33)16-11-20-9-6-10-24(17-20)30-25(32)19-28-23-14-12-22(13-15-23)27(34)29-18-21-7-4-3-5-8-21/h3-10,12-15,17,28H,11,16,18-19H2,1-2H3,(H,29,34)(H,30,32). The van der Waals surface area contributed by atoms with Crippen LogP contribution in [-0.4, -0.2) is 43.3 Å². The zero-order chi connectivity index (χ0) is 24.3. The van der Waals surface area contributed by atoms with Gasteiger partial charge in [0, 0.05) is 44.0 Å². The van der Waals surface area contributed by atoms with Crippen LogP contribution in [0.25, 0.3) is 0 Å². The van der Waals surface area contributed by atoms with Gasteiger partial charge in [-0.25, -0.2) is 0 Å². The fourth-order valence-electron chi connectivity index (χ4n) is 3.29. The van der Waals surface area contributed by atoms with E-state index in [1.54, 1.807) is 43.3 Å². The third kappa shape index (κ3) is 7.78. The number of rotatable bonds is 10. The Kier molecular flexibility index (Phi) is 8.80. The molecule has 0 aliphatic rings. The minimum absolute atomic E-state index is 0.0679. The number of carbonyl (C=O) groups is 3. The van der Waals surface area contributed by atoms with Crippen LogP contribution < -0.4 is 16.0 Å². The number of anilines is 2.